The van der Waals surface area contributed by atoms with Gasteiger partial charge in [-0.2, -0.15) is 0 Å². The fourth-order valence-electron chi connectivity index (χ4n) is 8.91. The predicted octanol–water partition coefficient (Wildman–Crippen LogP) is 10.4. The van der Waals surface area contributed by atoms with Gasteiger partial charge in [-0.15, -0.1) is 0 Å². The van der Waals surface area contributed by atoms with Crippen LogP contribution in [0.3, 0.4) is 0 Å². The van der Waals surface area contributed by atoms with Crippen molar-refractivity contribution in [2.24, 2.45) is 5.92 Å². The molecule has 3 aliphatic carbocycles. The van der Waals surface area contributed by atoms with Crippen molar-refractivity contribution in [3.8, 4) is 68.2 Å². The molecule has 8 nitrogen and oxygen atoms in total. The Morgan fingerprint density at radius 2 is 0.982 bits per heavy atom. The summed E-state index contributed by atoms with van der Waals surface area (Å²) in [5.74, 6) is -7.63. The number of aromatic hydroxyl groups is 8. The van der Waals surface area contributed by atoms with Crippen molar-refractivity contribution in [1.82, 2.24) is 0 Å². The molecule has 2 atom stereocenters. The van der Waals surface area contributed by atoms with E-state index in [0.29, 0.717) is 11.1 Å². The summed E-state index contributed by atoms with van der Waals surface area (Å²) >= 11 is 0. The first-order chi connectivity index (χ1) is 27.1. The normalized spacial score (nSPS) is 17.0. The van der Waals surface area contributed by atoms with Crippen molar-refractivity contribution in [1.29, 1.82) is 0 Å². The van der Waals surface area contributed by atoms with Crippen LogP contribution < -0.4 is 0 Å². The highest BCUT2D eigenvalue weighted by atomic mass is 16.4. The molecule has 0 spiro atoms. The number of rotatable bonds is 3. The maximum atomic E-state index is 11.9. The topological polar surface area (TPSA) is 162 Å². The summed E-state index contributed by atoms with van der Waals surface area (Å²) in [6.07, 6.45) is 13.6. The molecule has 7 aromatic rings. The Kier molecular flexibility index (Phi) is 7.05. The van der Waals surface area contributed by atoms with E-state index in [9.17, 15) is 40.9 Å². The highest BCUT2D eigenvalue weighted by Gasteiger charge is 2.38. The summed E-state index contributed by atoms with van der Waals surface area (Å²) in [4.78, 5) is 0. The van der Waals surface area contributed by atoms with E-state index in [4.69, 9.17) is 0 Å². The maximum Gasteiger partial charge on any atom is 0.204 e. The quantitative estimate of drug-likeness (QED) is 0.0505. The second-order valence-corrected chi connectivity index (χ2v) is 14.4. The van der Waals surface area contributed by atoms with Crippen molar-refractivity contribution < 1.29 is 40.9 Å². The molecule has 0 amide bonds. The first-order valence-electron chi connectivity index (χ1n) is 18.1. The third-order valence-electron chi connectivity index (χ3n) is 11.5. The number of phenolic OH excluding ortho intramolecular Hbond substituents is 8. The fourth-order valence-corrected chi connectivity index (χ4v) is 8.91. The largest absolute Gasteiger partial charge is 0.504 e. The molecule has 0 radical (unpaired) electrons. The molecule has 8 heteroatoms. The monoisotopic (exact) mass is 736 g/mol. The fraction of sp³-hybridized carbons (Fsp3) is 0.0417. The van der Waals surface area contributed by atoms with E-state index in [2.05, 4.69) is 18.2 Å². The van der Waals surface area contributed by atoms with Crippen LogP contribution in [0.5, 0.6) is 46.0 Å². The zero-order valence-corrected chi connectivity index (χ0v) is 29.4. The summed E-state index contributed by atoms with van der Waals surface area (Å²) in [6.45, 7) is 0. The van der Waals surface area contributed by atoms with E-state index in [1.54, 1.807) is 12.1 Å². The van der Waals surface area contributed by atoms with E-state index in [-0.39, 0.29) is 44.5 Å². The van der Waals surface area contributed by atoms with Gasteiger partial charge >= 0.3 is 0 Å². The van der Waals surface area contributed by atoms with Crippen LogP contribution in [-0.2, 0) is 0 Å². The second kappa shape index (κ2) is 12.0. The average Bonchev–Trinajstić information content (AvgIpc) is 3.24. The van der Waals surface area contributed by atoms with Gasteiger partial charge in [0, 0.05) is 44.5 Å². The number of hydrogen-bond donors (Lipinski definition) is 8. The van der Waals surface area contributed by atoms with Gasteiger partial charge in [0.25, 0.3) is 0 Å². The lowest BCUT2D eigenvalue weighted by Gasteiger charge is -2.37. The third kappa shape index (κ3) is 4.53. The summed E-state index contributed by atoms with van der Waals surface area (Å²) in [6, 6.07) is 29.2. The molecule has 3 aliphatic rings. The Morgan fingerprint density at radius 3 is 1.64 bits per heavy atom. The molecule has 7 aromatic carbocycles. The van der Waals surface area contributed by atoms with Crippen molar-refractivity contribution in [2.45, 2.75) is 5.92 Å². The lowest BCUT2D eigenvalue weighted by molar-refractivity contribution is 0.350. The van der Waals surface area contributed by atoms with Gasteiger partial charge in [-0.1, -0.05) is 127 Å². The van der Waals surface area contributed by atoms with Crippen LogP contribution in [0, 0.1) is 5.92 Å². The molecule has 0 aliphatic heterocycles. The summed E-state index contributed by atoms with van der Waals surface area (Å²) < 4.78 is 0. The van der Waals surface area contributed by atoms with Crippen LogP contribution in [-0.4, -0.2) is 40.9 Å². The van der Waals surface area contributed by atoms with Crippen LogP contribution in [0.1, 0.15) is 22.6 Å². The van der Waals surface area contributed by atoms with Gasteiger partial charge in [0.15, 0.2) is 23.0 Å². The Morgan fingerprint density at radius 1 is 0.429 bits per heavy atom. The van der Waals surface area contributed by atoms with Gasteiger partial charge in [0.2, 0.25) is 23.0 Å². The average molecular weight is 737 g/mol. The molecule has 8 N–H and O–H groups in total. The standard InChI is InChI=1S/C48H32O8/c49-41-37-35(26-17-13-24(14-18-26)28-19-15-23-7-1-2-9-27(23)21-28)38-40(44(52)48(56)46(54)42(38)50)36(39(37)43(51)47(55)45(41)53)33-22-29-20-16-25-8-3-4-10-30(25)34(29)32-12-6-5-11-31(32)33/h1-22,32,34,49-56H. The molecular formula is C48H32O8. The van der Waals surface area contributed by atoms with Crippen LogP contribution in [0.25, 0.3) is 66.2 Å². The van der Waals surface area contributed by atoms with Gasteiger partial charge in [0.05, 0.1) is 0 Å². The van der Waals surface area contributed by atoms with Gasteiger partial charge in [-0.3, -0.25) is 0 Å². The first-order valence-corrected chi connectivity index (χ1v) is 18.1. The van der Waals surface area contributed by atoms with E-state index in [1.165, 1.54) is 0 Å². The van der Waals surface area contributed by atoms with E-state index < -0.39 is 46.0 Å². The molecule has 0 fully saturated rings. The van der Waals surface area contributed by atoms with E-state index in [1.807, 2.05) is 103 Å². The minimum atomic E-state index is -1.01. The maximum absolute atomic E-state index is 11.9. The minimum absolute atomic E-state index is 0.00377. The third-order valence-corrected chi connectivity index (χ3v) is 11.5. The molecule has 10 rings (SSSR count). The SMILES string of the molecule is Oc1c(O)c(O)c2c(-c3ccc(-c4ccc5ccccc5c4)cc3)c3c(O)c(O)c(O)c(O)c3c(C3=C4C=CC=CC4C4C(=C3)C=Cc3ccccc34)c2c1O. The van der Waals surface area contributed by atoms with Crippen molar-refractivity contribution in [3.63, 3.8) is 0 Å². The predicted molar refractivity (Wildman–Crippen MR) is 218 cm³/mol. The highest BCUT2D eigenvalue weighted by Crippen LogP contribution is 2.62. The summed E-state index contributed by atoms with van der Waals surface area (Å²) in [5.41, 5.74) is 6.40. The van der Waals surface area contributed by atoms with Gasteiger partial charge in [-0.25, -0.2) is 0 Å². The molecule has 272 valence electrons. The zero-order chi connectivity index (χ0) is 38.6. The van der Waals surface area contributed by atoms with Crippen molar-refractivity contribution in [2.75, 3.05) is 0 Å². The molecule has 2 unspecified atom stereocenters. The Hall–Kier alpha value is -7.58. The Bertz CT molecular complexity index is 2970. The van der Waals surface area contributed by atoms with Crippen molar-refractivity contribution in [3.05, 3.63) is 155 Å². The van der Waals surface area contributed by atoms with Crippen LogP contribution in [0.4, 0.5) is 0 Å². The smallest absolute Gasteiger partial charge is 0.204 e. The molecule has 0 saturated carbocycles. The Labute approximate surface area is 319 Å². The van der Waals surface area contributed by atoms with E-state index in [0.717, 1.165) is 44.2 Å². The number of benzene rings is 7. The molecule has 56 heavy (non-hydrogen) atoms. The van der Waals surface area contributed by atoms with Crippen molar-refractivity contribution >= 4 is 44.0 Å². The lowest BCUT2D eigenvalue weighted by atomic mass is 9.66. The lowest BCUT2D eigenvalue weighted by Crippen LogP contribution is -2.22. The molecule has 0 aromatic heterocycles. The minimum Gasteiger partial charge on any atom is -0.504 e. The molecule has 0 saturated heterocycles. The number of hydrogen-bond acceptors (Lipinski definition) is 8. The number of phenols is 8. The highest BCUT2D eigenvalue weighted by molar-refractivity contribution is 6.27. The molecule has 0 heterocycles. The van der Waals surface area contributed by atoms with Crippen LogP contribution >= 0.6 is 0 Å². The van der Waals surface area contributed by atoms with Gasteiger partial charge in [-0.05, 0) is 61.4 Å². The second-order valence-electron chi connectivity index (χ2n) is 14.4. The van der Waals surface area contributed by atoms with Crippen LogP contribution in [0.15, 0.2) is 139 Å². The van der Waals surface area contributed by atoms with E-state index >= 15 is 0 Å². The first kappa shape index (κ1) is 33.0. The van der Waals surface area contributed by atoms with Gasteiger partial charge < -0.3 is 40.9 Å². The Balaban J connectivity index is 1.32. The molecule has 0 bridgehead atoms. The zero-order valence-electron chi connectivity index (χ0n) is 29.4. The number of fused-ring (bicyclic) bond motifs is 8. The van der Waals surface area contributed by atoms with Gasteiger partial charge in [0.1, 0.15) is 0 Å². The molecular weight excluding hydrogens is 705 g/mol. The number of allylic oxidation sites excluding steroid dienone is 9. The summed E-state index contributed by atoms with van der Waals surface area (Å²) in [7, 11) is 0. The summed E-state index contributed by atoms with van der Waals surface area (Å²) in [5, 5.41) is 93.0. The van der Waals surface area contributed by atoms with Crippen LogP contribution in [0.2, 0.25) is 0 Å².